The lowest BCUT2D eigenvalue weighted by atomic mass is 10.1. The van der Waals surface area contributed by atoms with Gasteiger partial charge in [-0.2, -0.15) is 5.26 Å². The summed E-state index contributed by atoms with van der Waals surface area (Å²) in [6.45, 7) is 0. The van der Waals surface area contributed by atoms with E-state index in [9.17, 15) is 0 Å². The van der Waals surface area contributed by atoms with E-state index in [2.05, 4.69) is 22.0 Å². The summed E-state index contributed by atoms with van der Waals surface area (Å²) in [7, 11) is 0. The SMILES string of the molecule is N#C/C(=C\c1ccc(Br)o1)c1ccccc1. The van der Waals surface area contributed by atoms with Gasteiger partial charge in [-0.3, -0.25) is 0 Å². The maximum atomic E-state index is 9.08. The molecule has 0 aliphatic rings. The molecule has 0 spiro atoms. The Morgan fingerprint density at radius 2 is 1.94 bits per heavy atom. The van der Waals surface area contributed by atoms with E-state index in [1.165, 1.54) is 0 Å². The Labute approximate surface area is 102 Å². The average molecular weight is 274 g/mol. The molecule has 0 fully saturated rings. The second-order valence-corrected chi connectivity index (χ2v) is 3.96. The van der Waals surface area contributed by atoms with Gasteiger partial charge in [0.15, 0.2) is 4.67 Å². The maximum absolute atomic E-state index is 9.08. The molecule has 2 nitrogen and oxygen atoms in total. The van der Waals surface area contributed by atoms with Crippen molar-refractivity contribution in [2.75, 3.05) is 0 Å². The highest BCUT2D eigenvalue weighted by atomic mass is 79.9. The molecule has 0 aliphatic carbocycles. The molecule has 2 aromatic rings. The van der Waals surface area contributed by atoms with Crippen molar-refractivity contribution >= 4 is 27.6 Å². The Balaban J connectivity index is 2.38. The molecule has 1 heterocycles. The minimum Gasteiger partial charge on any atom is -0.450 e. The van der Waals surface area contributed by atoms with Gasteiger partial charge >= 0.3 is 0 Å². The fourth-order valence-corrected chi connectivity index (χ4v) is 1.67. The zero-order valence-corrected chi connectivity index (χ0v) is 9.94. The zero-order chi connectivity index (χ0) is 11.4. The zero-order valence-electron chi connectivity index (χ0n) is 8.35. The molecule has 0 unspecified atom stereocenters. The third-order valence-electron chi connectivity index (χ3n) is 2.09. The van der Waals surface area contributed by atoms with Crippen LogP contribution in [-0.2, 0) is 0 Å². The lowest BCUT2D eigenvalue weighted by molar-refractivity contribution is 0.532. The van der Waals surface area contributed by atoms with Gasteiger partial charge in [-0.05, 0) is 39.7 Å². The van der Waals surface area contributed by atoms with Gasteiger partial charge in [-0.15, -0.1) is 0 Å². The van der Waals surface area contributed by atoms with Crippen LogP contribution in [0, 0.1) is 11.3 Å². The Morgan fingerprint density at radius 3 is 2.50 bits per heavy atom. The molecule has 0 aliphatic heterocycles. The topological polar surface area (TPSA) is 36.9 Å². The second-order valence-electron chi connectivity index (χ2n) is 3.18. The fourth-order valence-electron chi connectivity index (χ4n) is 1.35. The molecule has 16 heavy (non-hydrogen) atoms. The molecule has 0 amide bonds. The first-order valence-electron chi connectivity index (χ1n) is 4.72. The summed E-state index contributed by atoms with van der Waals surface area (Å²) in [4.78, 5) is 0. The maximum Gasteiger partial charge on any atom is 0.169 e. The third-order valence-corrected chi connectivity index (χ3v) is 2.51. The van der Waals surface area contributed by atoms with Crippen molar-refractivity contribution in [1.82, 2.24) is 0 Å². The van der Waals surface area contributed by atoms with E-state index in [1.807, 2.05) is 36.4 Å². The van der Waals surface area contributed by atoms with Crippen LogP contribution in [0.25, 0.3) is 11.6 Å². The van der Waals surface area contributed by atoms with Gasteiger partial charge in [0.25, 0.3) is 0 Å². The second kappa shape index (κ2) is 4.82. The van der Waals surface area contributed by atoms with Gasteiger partial charge < -0.3 is 4.42 Å². The Bertz CT molecular complexity index is 549. The molecular formula is C13H8BrNO. The van der Waals surface area contributed by atoms with Crippen molar-refractivity contribution in [3.05, 3.63) is 58.5 Å². The van der Waals surface area contributed by atoms with Crippen molar-refractivity contribution < 1.29 is 4.42 Å². The Kier molecular flexibility index (Phi) is 3.23. The van der Waals surface area contributed by atoms with Crippen LogP contribution < -0.4 is 0 Å². The predicted molar refractivity (Wildman–Crippen MR) is 66.3 cm³/mol. The van der Waals surface area contributed by atoms with Crippen LogP contribution in [0.15, 0.2) is 51.6 Å². The van der Waals surface area contributed by atoms with E-state index >= 15 is 0 Å². The average Bonchev–Trinajstić information content (AvgIpc) is 2.73. The summed E-state index contributed by atoms with van der Waals surface area (Å²) in [5.74, 6) is 0.660. The molecule has 0 radical (unpaired) electrons. The van der Waals surface area contributed by atoms with E-state index < -0.39 is 0 Å². The predicted octanol–water partition coefficient (Wildman–Crippen LogP) is 4.11. The molecule has 0 saturated heterocycles. The van der Waals surface area contributed by atoms with Crippen LogP contribution in [0.4, 0.5) is 0 Å². The largest absolute Gasteiger partial charge is 0.450 e. The van der Waals surface area contributed by atoms with Crippen LogP contribution in [-0.4, -0.2) is 0 Å². The van der Waals surface area contributed by atoms with Crippen LogP contribution in [0.1, 0.15) is 11.3 Å². The highest BCUT2D eigenvalue weighted by molar-refractivity contribution is 9.10. The number of hydrogen-bond donors (Lipinski definition) is 0. The van der Waals surface area contributed by atoms with E-state index in [4.69, 9.17) is 9.68 Å². The highest BCUT2D eigenvalue weighted by Crippen LogP contribution is 2.20. The van der Waals surface area contributed by atoms with Crippen molar-refractivity contribution in [3.8, 4) is 6.07 Å². The molecule has 0 N–H and O–H groups in total. The number of nitriles is 1. The van der Waals surface area contributed by atoms with Crippen molar-refractivity contribution in [2.45, 2.75) is 0 Å². The number of hydrogen-bond acceptors (Lipinski definition) is 2. The molecule has 0 saturated carbocycles. The van der Waals surface area contributed by atoms with Crippen molar-refractivity contribution in [2.24, 2.45) is 0 Å². The van der Waals surface area contributed by atoms with Gasteiger partial charge in [0.1, 0.15) is 5.76 Å². The smallest absolute Gasteiger partial charge is 0.169 e. The molecule has 0 bridgehead atoms. The molecule has 1 aromatic heterocycles. The Hall–Kier alpha value is -1.79. The van der Waals surface area contributed by atoms with Gasteiger partial charge in [-0.25, -0.2) is 0 Å². The van der Waals surface area contributed by atoms with Crippen molar-refractivity contribution in [1.29, 1.82) is 5.26 Å². The summed E-state index contributed by atoms with van der Waals surface area (Å²) < 4.78 is 5.98. The van der Waals surface area contributed by atoms with E-state index in [0.29, 0.717) is 16.0 Å². The Morgan fingerprint density at radius 1 is 1.19 bits per heavy atom. The van der Waals surface area contributed by atoms with E-state index in [0.717, 1.165) is 5.56 Å². The highest BCUT2D eigenvalue weighted by Gasteiger charge is 2.02. The lowest BCUT2D eigenvalue weighted by Crippen LogP contribution is -1.79. The summed E-state index contributed by atoms with van der Waals surface area (Å²) in [5.41, 5.74) is 1.47. The van der Waals surface area contributed by atoms with E-state index in [1.54, 1.807) is 12.1 Å². The fraction of sp³-hybridized carbons (Fsp3) is 0. The molecule has 0 atom stereocenters. The first-order chi connectivity index (χ1) is 7.79. The molecule has 1 aromatic carbocycles. The number of furan rings is 1. The van der Waals surface area contributed by atoms with Gasteiger partial charge in [0, 0.05) is 0 Å². The van der Waals surface area contributed by atoms with Crippen LogP contribution >= 0.6 is 15.9 Å². The van der Waals surface area contributed by atoms with Gasteiger partial charge in [-0.1, -0.05) is 30.3 Å². The standard InChI is InChI=1S/C13H8BrNO/c14-13-7-6-12(16-13)8-11(9-15)10-4-2-1-3-5-10/h1-8H/b11-8+. The van der Waals surface area contributed by atoms with Crippen LogP contribution in [0.2, 0.25) is 0 Å². The number of rotatable bonds is 2. The van der Waals surface area contributed by atoms with Crippen LogP contribution in [0.5, 0.6) is 0 Å². The first-order valence-corrected chi connectivity index (χ1v) is 5.51. The van der Waals surface area contributed by atoms with E-state index in [-0.39, 0.29) is 0 Å². The van der Waals surface area contributed by atoms with Gasteiger partial charge in [0.05, 0.1) is 11.6 Å². The first kappa shape index (κ1) is 10.7. The number of benzene rings is 1. The number of halogens is 1. The molecule has 78 valence electrons. The summed E-state index contributed by atoms with van der Waals surface area (Å²) in [5, 5.41) is 9.08. The molecule has 2 rings (SSSR count). The summed E-state index contributed by atoms with van der Waals surface area (Å²) in [6.07, 6.45) is 1.72. The number of allylic oxidation sites excluding steroid dienone is 1. The summed E-state index contributed by atoms with van der Waals surface area (Å²) in [6, 6.07) is 15.3. The third kappa shape index (κ3) is 2.41. The quantitative estimate of drug-likeness (QED) is 0.773. The number of nitrogens with zero attached hydrogens (tertiary/aromatic N) is 1. The summed E-state index contributed by atoms with van der Waals surface area (Å²) >= 11 is 3.22. The lowest BCUT2D eigenvalue weighted by Gasteiger charge is -1.96. The molecule has 3 heteroatoms. The van der Waals surface area contributed by atoms with Crippen LogP contribution in [0.3, 0.4) is 0 Å². The monoisotopic (exact) mass is 273 g/mol. The minimum atomic E-state index is 0.586. The normalized spacial score (nSPS) is 11.1. The van der Waals surface area contributed by atoms with Gasteiger partial charge in [0.2, 0.25) is 0 Å². The minimum absolute atomic E-state index is 0.586. The molecular weight excluding hydrogens is 266 g/mol. The van der Waals surface area contributed by atoms with Crippen molar-refractivity contribution in [3.63, 3.8) is 0 Å².